The number of hydrogen-bond donors (Lipinski definition) is 1. The first-order valence-electron chi connectivity index (χ1n) is 5.28. The van der Waals surface area contributed by atoms with E-state index in [2.05, 4.69) is 26.9 Å². The molecule has 0 radical (unpaired) electrons. The minimum absolute atomic E-state index is 0.207. The summed E-state index contributed by atoms with van der Waals surface area (Å²) in [5, 5.41) is 13.9. The Morgan fingerprint density at radius 3 is 3.00 bits per heavy atom. The highest BCUT2D eigenvalue weighted by molar-refractivity contribution is 7.03. The Labute approximate surface area is 98.7 Å². The fourth-order valence-corrected chi connectivity index (χ4v) is 2.14. The number of rotatable bonds is 5. The van der Waals surface area contributed by atoms with E-state index in [9.17, 15) is 0 Å². The van der Waals surface area contributed by atoms with E-state index in [1.807, 2.05) is 29.4 Å². The van der Waals surface area contributed by atoms with E-state index in [-0.39, 0.29) is 6.04 Å². The van der Waals surface area contributed by atoms with Crippen LogP contribution in [0.3, 0.4) is 0 Å². The van der Waals surface area contributed by atoms with Gasteiger partial charge in [-0.25, -0.2) is 0 Å². The molecule has 0 amide bonds. The van der Waals surface area contributed by atoms with Gasteiger partial charge in [0.05, 0.1) is 17.4 Å². The molecule has 0 aliphatic heterocycles. The standard InChI is InChI=1S/C10H15N5S/c1-3-11-9(10-7-16-14-12-10)6-8-4-5-15(2)13-8/h4-5,7,9,11H,3,6H2,1-2H3. The lowest BCUT2D eigenvalue weighted by Gasteiger charge is -2.13. The molecule has 2 rings (SSSR count). The van der Waals surface area contributed by atoms with Gasteiger partial charge in [-0.3, -0.25) is 4.68 Å². The normalized spacial score (nSPS) is 12.9. The number of aryl methyl sites for hydroxylation is 1. The Kier molecular flexibility index (Phi) is 3.63. The highest BCUT2D eigenvalue weighted by Gasteiger charge is 2.14. The minimum atomic E-state index is 0.207. The van der Waals surface area contributed by atoms with Gasteiger partial charge >= 0.3 is 0 Å². The molecule has 16 heavy (non-hydrogen) atoms. The van der Waals surface area contributed by atoms with Gasteiger partial charge in [0.2, 0.25) is 0 Å². The van der Waals surface area contributed by atoms with Crippen LogP contribution in [-0.4, -0.2) is 25.9 Å². The van der Waals surface area contributed by atoms with Crippen molar-refractivity contribution in [3.8, 4) is 0 Å². The Morgan fingerprint density at radius 2 is 2.44 bits per heavy atom. The molecule has 1 atom stereocenters. The first-order chi connectivity index (χ1) is 7.79. The van der Waals surface area contributed by atoms with E-state index in [0.717, 1.165) is 24.4 Å². The van der Waals surface area contributed by atoms with Crippen LogP contribution in [0.4, 0.5) is 0 Å². The van der Waals surface area contributed by atoms with Gasteiger partial charge in [-0.2, -0.15) is 5.10 Å². The maximum atomic E-state index is 4.37. The van der Waals surface area contributed by atoms with E-state index < -0.39 is 0 Å². The Balaban J connectivity index is 2.09. The van der Waals surface area contributed by atoms with Crippen molar-refractivity contribution in [3.05, 3.63) is 29.0 Å². The van der Waals surface area contributed by atoms with E-state index in [0.29, 0.717) is 0 Å². The number of likely N-dealkylation sites (N-methyl/N-ethyl adjacent to an activating group) is 1. The zero-order chi connectivity index (χ0) is 11.4. The summed E-state index contributed by atoms with van der Waals surface area (Å²) in [5.74, 6) is 0. The van der Waals surface area contributed by atoms with Crippen LogP contribution in [-0.2, 0) is 13.5 Å². The van der Waals surface area contributed by atoms with Gasteiger partial charge in [0, 0.05) is 25.0 Å². The van der Waals surface area contributed by atoms with Crippen molar-refractivity contribution in [2.75, 3.05) is 6.54 Å². The summed E-state index contributed by atoms with van der Waals surface area (Å²) in [6, 6.07) is 2.24. The molecular weight excluding hydrogens is 222 g/mol. The maximum Gasteiger partial charge on any atom is 0.0928 e. The molecule has 0 aromatic carbocycles. The molecule has 0 spiro atoms. The van der Waals surface area contributed by atoms with Crippen LogP contribution in [0.15, 0.2) is 17.6 Å². The van der Waals surface area contributed by atoms with Crippen LogP contribution in [0.5, 0.6) is 0 Å². The third kappa shape index (κ3) is 2.65. The molecule has 5 nitrogen and oxygen atoms in total. The number of nitrogens with one attached hydrogen (secondary N) is 1. The van der Waals surface area contributed by atoms with Crippen molar-refractivity contribution in [3.63, 3.8) is 0 Å². The van der Waals surface area contributed by atoms with Crippen molar-refractivity contribution in [1.82, 2.24) is 24.7 Å². The second kappa shape index (κ2) is 5.18. The van der Waals surface area contributed by atoms with Crippen molar-refractivity contribution in [2.45, 2.75) is 19.4 Å². The second-order valence-corrected chi connectivity index (χ2v) is 4.23. The molecule has 0 bridgehead atoms. The molecule has 2 heterocycles. The maximum absolute atomic E-state index is 4.37. The van der Waals surface area contributed by atoms with E-state index >= 15 is 0 Å². The second-order valence-electron chi connectivity index (χ2n) is 3.62. The average molecular weight is 237 g/mol. The van der Waals surface area contributed by atoms with Gasteiger partial charge in [0.15, 0.2) is 0 Å². The van der Waals surface area contributed by atoms with Crippen molar-refractivity contribution >= 4 is 11.5 Å². The largest absolute Gasteiger partial charge is 0.308 e. The van der Waals surface area contributed by atoms with Gasteiger partial charge in [-0.1, -0.05) is 11.4 Å². The molecular formula is C10H15N5S. The first-order valence-corrected chi connectivity index (χ1v) is 6.12. The summed E-state index contributed by atoms with van der Waals surface area (Å²) in [4.78, 5) is 0. The number of nitrogens with zero attached hydrogens (tertiary/aromatic N) is 4. The molecule has 0 aliphatic rings. The third-order valence-corrected chi connectivity index (χ3v) is 2.89. The topological polar surface area (TPSA) is 55.6 Å². The Morgan fingerprint density at radius 1 is 1.56 bits per heavy atom. The summed E-state index contributed by atoms with van der Waals surface area (Å²) in [5.41, 5.74) is 2.07. The van der Waals surface area contributed by atoms with Crippen LogP contribution >= 0.6 is 11.5 Å². The third-order valence-electron chi connectivity index (χ3n) is 2.37. The van der Waals surface area contributed by atoms with Crippen LogP contribution in [0, 0.1) is 0 Å². The summed E-state index contributed by atoms with van der Waals surface area (Å²) in [7, 11) is 1.93. The van der Waals surface area contributed by atoms with Gasteiger partial charge < -0.3 is 5.32 Å². The summed E-state index contributed by atoms with van der Waals surface area (Å²) >= 11 is 1.38. The predicted octanol–water partition coefficient (Wildman–Crippen LogP) is 1.16. The van der Waals surface area contributed by atoms with Crippen LogP contribution in [0.1, 0.15) is 24.4 Å². The number of aromatic nitrogens is 4. The van der Waals surface area contributed by atoms with Crippen LogP contribution in [0.2, 0.25) is 0 Å². The molecule has 0 saturated carbocycles. The zero-order valence-corrected chi connectivity index (χ0v) is 10.2. The van der Waals surface area contributed by atoms with Gasteiger partial charge in [-0.15, -0.1) is 5.10 Å². The van der Waals surface area contributed by atoms with Gasteiger partial charge in [0.1, 0.15) is 0 Å². The predicted molar refractivity (Wildman–Crippen MR) is 63.2 cm³/mol. The molecule has 1 N–H and O–H groups in total. The summed E-state index contributed by atoms with van der Waals surface area (Å²) < 4.78 is 5.72. The number of hydrogen-bond acceptors (Lipinski definition) is 5. The molecule has 1 unspecified atom stereocenters. The minimum Gasteiger partial charge on any atom is -0.308 e. The smallest absolute Gasteiger partial charge is 0.0928 e. The molecule has 86 valence electrons. The molecule has 0 fully saturated rings. The van der Waals surface area contributed by atoms with Crippen molar-refractivity contribution in [1.29, 1.82) is 0 Å². The summed E-state index contributed by atoms with van der Waals surface area (Å²) in [6.07, 6.45) is 2.80. The van der Waals surface area contributed by atoms with E-state index in [1.54, 1.807) is 0 Å². The highest BCUT2D eigenvalue weighted by atomic mass is 32.1. The Bertz CT molecular complexity index is 422. The van der Waals surface area contributed by atoms with Crippen LogP contribution in [0.25, 0.3) is 0 Å². The molecule has 0 saturated heterocycles. The molecule has 2 aromatic rings. The van der Waals surface area contributed by atoms with E-state index in [1.165, 1.54) is 11.5 Å². The highest BCUT2D eigenvalue weighted by Crippen LogP contribution is 2.16. The lowest BCUT2D eigenvalue weighted by molar-refractivity contribution is 0.526. The SMILES string of the molecule is CCNC(Cc1ccn(C)n1)c1csnn1. The monoisotopic (exact) mass is 237 g/mol. The lowest BCUT2D eigenvalue weighted by atomic mass is 10.1. The quantitative estimate of drug-likeness (QED) is 0.848. The van der Waals surface area contributed by atoms with Gasteiger partial charge in [-0.05, 0) is 24.1 Å². The van der Waals surface area contributed by atoms with Crippen molar-refractivity contribution < 1.29 is 0 Å². The molecule has 6 heteroatoms. The fraction of sp³-hybridized carbons (Fsp3) is 0.500. The molecule has 2 aromatic heterocycles. The average Bonchev–Trinajstić information content (AvgIpc) is 2.88. The van der Waals surface area contributed by atoms with Crippen LogP contribution < -0.4 is 5.32 Å². The van der Waals surface area contributed by atoms with Gasteiger partial charge in [0.25, 0.3) is 0 Å². The fourth-order valence-electron chi connectivity index (χ4n) is 1.63. The zero-order valence-electron chi connectivity index (χ0n) is 9.42. The molecule has 0 aliphatic carbocycles. The summed E-state index contributed by atoms with van der Waals surface area (Å²) in [6.45, 7) is 3.00. The first kappa shape index (κ1) is 11.2. The van der Waals surface area contributed by atoms with E-state index in [4.69, 9.17) is 0 Å². The van der Waals surface area contributed by atoms with Crippen molar-refractivity contribution in [2.24, 2.45) is 7.05 Å². The Hall–Kier alpha value is -1.27. The lowest BCUT2D eigenvalue weighted by Crippen LogP contribution is -2.23.